The van der Waals surface area contributed by atoms with Crippen LogP contribution in [-0.2, 0) is 26.0 Å². The van der Waals surface area contributed by atoms with Gasteiger partial charge in [-0.3, -0.25) is 14.5 Å². The summed E-state index contributed by atoms with van der Waals surface area (Å²) in [6.07, 6.45) is 2.28. The van der Waals surface area contributed by atoms with Gasteiger partial charge in [-0.05, 0) is 63.4 Å². The second-order valence-corrected chi connectivity index (χ2v) is 10.1. The molecule has 0 unspecified atom stereocenters. The van der Waals surface area contributed by atoms with Crippen molar-refractivity contribution < 1.29 is 18.0 Å². The summed E-state index contributed by atoms with van der Waals surface area (Å²) in [5.41, 5.74) is 1.72. The molecular formula is C22H34N4O4S. The van der Waals surface area contributed by atoms with E-state index in [0.29, 0.717) is 58.8 Å². The van der Waals surface area contributed by atoms with Crippen LogP contribution in [0.5, 0.6) is 0 Å². The third-order valence-electron chi connectivity index (χ3n) is 6.21. The Hall–Kier alpha value is -1.97. The molecule has 0 aliphatic carbocycles. The van der Waals surface area contributed by atoms with Crippen LogP contribution in [0.1, 0.15) is 39.2 Å². The van der Waals surface area contributed by atoms with Crippen molar-refractivity contribution in [2.45, 2.75) is 44.9 Å². The molecule has 1 saturated heterocycles. The number of rotatable bonds is 6. The number of hydrogen-bond acceptors (Lipinski definition) is 5. The molecule has 1 fully saturated rings. The number of anilines is 1. The summed E-state index contributed by atoms with van der Waals surface area (Å²) in [6, 6.07) is 5.10. The summed E-state index contributed by atoms with van der Waals surface area (Å²) in [5.74, 6) is 0.0643. The van der Waals surface area contributed by atoms with Crippen molar-refractivity contribution in [3.63, 3.8) is 0 Å². The zero-order valence-electron chi connectivity index (χ0n) is 18.8. The maximum atomic E-state index is 13.3. The van der Waals surface area contributed by atoms with E-state index in [-0.39, 0.29) is 16.7 Å². The van der Waals surface area contributed by atoms with E-state index in [4.69, 9.17) is 0 Å². The first kappa shape index (κ1) is 23.7. The Morgan fingerprint density at radius 3 is 2.42 bits per heavy atom. The minimum Gasteiger partial charge on any atom is -0.342 e. The van der Waals surface area contributed by atoms with Gasteiger partial charge in [-0.15, -0.1) is 0 Å². The molecule has 0 spiro atoms. The minimum atomic E-state index is -3.63. The Morgan fingerprint density at radius 1 is 1.00 bits per heavy atom. The van der Waals surface area contributed by atoms with Gasteiger partial charge in [-0.25, -0.2) is 8.42 Å². The quantitative estimate of drug-likeness (QED) is 0.657. The van der Waals surface area contributed by atoms with Crippen LogP contribution < -0.4 is 4.90 Å². The van der Waals surface area contributed by atoms with Crippen LogP contribution in [0.25, 0.3) is 0 Å². The molecule has 2 heterocycles. The Balaban J connectivity index is 1.71. The number of carbonyl (C=O) groups is 2. The van der Waals surface area contributed by atoms with Gasteiger partial charge in [0.25, 0.3) is 0 Å². The van der Waals surface area contributed by atoms with Crippen molar-refractivity contribution >= 4 is 27.5 Å². The van der Waals surface area contributed by atoms with Gasteiger partial charge in [-0.1, -0.05) is 0 Å². The average Bonchev–Trinajstić information content (AvgIpc) is 2.99. The predicted octanol–water partition coefficient (Wildman–Crippen LogP) is 1.55. The number of carbonyl (C=O) groups excluding carboxylic acids is 2. The first-order valence-corrected chi connectivity index (χ1v) is 12.6. The number of hydrogen-bond donors (Lipinski definition) is 0. The standard InChI is InChI=1S/C22H34N4O4S/c1-4-24(5-2)22(28)17-23-11-7-12-25(15-14-23)31(29,30)20-9-10-21-19(16-20)8-6-13-26(21)18(3)27/h9-10,16H,4-8,11-15,17H2,1-3H3. The van der Waals surface area contributed by atoms with Crippen LogP contribution in [0, 0.1) is 0 Å². The molecule has 0 saturated carbocycles. The molecular weight excluding hydrogens is 416 g/mol. The highest BCUT2D eigenvalue weighted by Gasteiger charge is 2.29. The molecule has 8 nitrogen and oxygen atoms in total. The van der Waals surface area contributed by atoms with Gasteiger partial charge >= 0.3 is 0 Å². The molecule has 31 heavy (non-hydrogen) atoms. The van der Waals surface area contributed by atoms with Gasteiger partial charge in [0.15, 0.2) is 0 Å². The average molecular weight is 451 g/mol. The minimum absolute atomic E-state index is 0.0246. The van der Waals surface area contributed by atoms with E-state index in [1.54, 1.807) is 28.0 Å². The lowest BCUT2D eigenvalue weighted by molar-refractivity contribution is -0.132. The Kier molecular flexibility index (Phi) is 7.72. The highest BCUT2D eigenvalue weighted by atomic mass is 32.2. The molecule has 9 heteroatoms. The van der Waals surface area contributed by atoms with Crippen LogP contribution in [0.4, 0.5) is 5.69 Å². The van der Waals surface area contributed by atoms with Crippen molar-refractivity contribution in [1.82, 2.24) is 14.1 Å². The molecule has 1 aromatic carbocycles. The Bertz CT molecular complexity index is 914. The number of benzene rings is 1. The molecule has 0 bridgehead atoms. The molecule has 2 aliphatic heterocycles. The smallest absolute Gasteiger partial charge is 0.243 e. The van der Waals surface area contributed by atoms with Gasteiger partial charge in [0.1, 0.15) is 0 Å². The predicted molar refractivity (Wildman–Crippen MR) is 121 cm³/mol. The van der Waals surface area contributed by atoms with E-state index < -0.39 is 10.0 Å². The number of sulfonamides is 1. The van der Waals surface area contributed by atoms with Gasteiger partial charge in [0, 0.05) is 51.9 Å². The molecule has 3 rings (SSSR count). The summed E-state index contributed by atoms with van der Waals surface area (Å²) in [7, 11) is -3.63. The number of likely N-dealkylation sites (N-methyl/N-ethyl adjacent to an activating group) is 1. The number of nitrogens with zero attached hydrogens (tertiary/aromatic N) is 4. The molecule has 0 N–H and O–H groups in total. The number of aryl methyl sites for hydroxylation is 1. The van der Waals surface area contributed by atoms with Crippen molar-refractivity contribution in [2.75, 3.05) is 57.3 Å². The summed E-state index contributed by atoms with van der Waals surface area (Å²) in [4.78, 5) is 30.2. The van der Waals surface area contributed by atoms with Crippen LogP contribution in [-0.4, -0.2) is 86.7 Å². The normalized spacial score (nSPS) is 18.4. The van der Waals surface area contributed by atoms with E-state index in [0.717, 1.165) is 24.1 Å². The second-order valence-electron chi connectivity index (χ2n) is 8.16. The Labute approximate surface area is 185 Å². The summed E-state index contributed by atoms with van der Waals surface area (Å²) >= 11 is 0. The van der Waals surface area contributed by atoms with Crippen molar-refractivity contribution in [3.8, 4) is 0 Å². The Morgan fingerprint density at radius 2 is 1.74 bits per heavy atom. The van der Waals surface area contributed by atoms with Gasteiger partial charge in [0.05, 0.1) is 11.4 Å². The van der Waals surface area contributed by atoms with E-state index in [1.807, 2.05) is 18.7 Å². The maximum absolute atomic E-state index is 13.3. The summed E-state index contributed by atoms with van der Waals surface area (Å²) < 4.78 is 28.2. The number of fused-ring (bicyclic) bond motifs is 1. The zero-order chi connectivity index (χ0) is 22.6. The third-order valence-corrected chi connectivity index (χ3v) is 8.10. The zero-order valence-corrected chi connectivity index (χ0v) is 19.7. The molecule has 172 valence electrons. The lowest BCUT2D eigenvalue weighted by Gasteiger charge is -2.29. The lowest BCUT2D eigenvalue weighted by atomic mass is 10.0. The summed E-state index contributed by atoms with van der Waals surface area (Å²) in [5, 5.41) is 0. The SMILES string of the molecule is CCN(CC)C(=O)CN1CCCN(S(=O)(=O)c2ccc3c(c2)CCCN3C(C)=O)CC1. The van der Waals surface area contributed by atoms with Gasteiger partial charge in [0.2, 0.25) is 21.8 Å². The van der Waals surface area contributed by atoms with E-state index in [2.05, 4.69) is 0 Å². The first-order chi connectivity index (χ1) is 14.8. The van der Waals surface area contributed by atoms with Crippen molar-refractivity contribution in [3.05, 3.63) is 23.8 Å². The monoisotopic (exact) mass is 450 g/mol. The first-order valence-electron chi connectivity index (χ1n) is 11.2. The van der Waals surface area contributed by atoms with Gasteiger partial charge in [-0.2, -0.15) is 4.31 Å². The molecule has 2 aliphatic rings. The molecule has 0 atom stereocenters. The topological polar surface area (TPSA) is 81.2 Å². The van der Waals surface area contributed by atoms with Crippen LogP contribution in [0.15, 0.2) is 23.1 Å². The summed E-state index contributed by atoms with van der Waals surface area (Å²) in [6.45, 7) is 9.88. The number of amides is 2. The third kappa shape index (κ3) is 5.27. The second kappa shape index (κ2) is 10.1. The molecule has 2 amide bonds. The molecule has 1 aromatic rings. The fraction of sp³-hybridized carbons (Fsp3) is 0.636. The van der Waals surface area contributed by atoms with E-state index >= 15 is 0 Å². The lowest BCUT2D eigenvalue weighted by Crippen LogP contribution is -2.42. The molecule has 0 radical (unpaired) electrons. The van der Waals surface area contributed by atoms with Crippen molar-refractivity contribution in [2.24, 2.45) is 0 Å². The fourth-order valence-corrected chi connectivity index (χ4v) is 5.94. The van der Waals surface area contributed by atoms with Crippen LogP contribution in [0.2, 0.25) is 0 Å². The maximum Gasteiger partial charge on any atom is 0.243 e. The fourth-order valence-electron chi connectivity index (χ4n) is 4.42. The van der Waals surface area contributed by atoms with Crippen molar-refractivity contribution in [1.29, 1.82) is 0 Å². The highest BCUT2D eigenvalue weighted by molar-refractivity contribution is 7.89. The van der Waals surface area contributed by atoms with E-state index in [1.165, 1.54) is 11.2 Å². The van der Waals surface area contributed by atoms with Crippen LogP contribution in [0.3, 0.4) is 0 Å². The van der Waals surface area contributed by atoms with Gasteiger partial charge < -0.3 is 9.80 Å². The molecule has 0 aromatic heterocycles. The highest BCUT2D eigenvalue weighted by Crippen LogP contribution is 2.30. The largest absolute Gasteiger partial charge is 0.342 e. The van der Waals surface area contributed by atoms with Crippen LogP contribution >= 0.6 is 0 Å². The van der Waals surface area contributed by atoms with E-state index in [9.17, 15) is 18.0 Å².